The van der Waals surface area contributed by atoms with E-state index >= 15 is 0 Å². The molecule has 0 aliphatic rings. The molecular weight excluding hydrogens is 211 g/mol. The molecule has 0 aromatic heterocycles. The molecule has 0 amide bonds. The number of rotatable bonds is 2. The standard InChI is InChI=1S/C8H6O4.Al.Mg.5H/c9-7(10)5-3-1-2-4-6(5)8(11)12;;;;;;;/h1-4H,(H,9,10)(H,11,12);;;;;;;. The third-order valence-corrected chi connectivity index (χ3v) is 1.39. The van der Waals surface area contributed by atoms with E-state index in [-0.39, 0.29) is 51.5 Å². The van der Waals surface area contributed by atoms with Gasteiger partial charge >= 0.3 is 35.0 Å². The smallest absolute Gasteiger partial charge is 0.336 e. The van der Waals surface area contributed by atoms with Crippen molar-refractivity contribution in [3.05, 3.63) is 35.4 Å². The highest BCUT2D eigenvalue weighted by Crippen LogP contribution is 2.07. The molecule has 0 fully saturated rings. The molecule has 0 bridgehead atoms. The van der Waals surface area contributed by atoms with Crippen molar-refractivity contribution in [3.63, 3.8) is 0 Å². The first-order valence-electron chi connectivity index (χ1n) is 3.18. The lowest BCUT2D eigenvalue weighted by Crippen LogP contribution is -2.06. The summed E-state index contributed by atoms with van der Waals surface area (Å²) in [5, 5.41) is 17.1. The summed E-state index contributed by atoms with van der Waals surface area (Å²) in [6.07, 6.45) is 0. The lowest BCUT2D eigenvalue weighted by molar-refractivity contribution is 0.0651. The van der Waals surface area contributed by atoms with Gasteiger partial charge < -0.3 is 10.2 Å². The van der Waals surface area contributed by atoms with Crippen molar-refractivity contribution in [1.82, 2.24) is 0 Å². The molecule has 72 valence electrons. The van der Waals surface area contributed by atoms with Gasteiger partial charge in [0, 0.05) is 0 Å². The van der Waals surface area contributed by atoms with Crippen molar-refractivity contribution in [1.29, 1.82) is 0 Å². The van der Waals surface area contributed by atoms with Crippen LogP contribution in [0.15, 0.2) is 24.3 Å². The average Bonchev–Trinajstić information content (AvgIpc) is 2.04. The fraction of sp³-hybridized carbons (Fsp3) is 0. The van der Waals surface area contributed by atoms with Gasteiger partial charge in [-0.1, -0.05) is 12.1 Å². The Morgan fingerprint density at radius 1 is 0.929 bits per heavy atom. The van der Waals surface area contributed by atoms with Crippen molar-refractivity contribution >= 4 is 52.4 Å². The first-order chi connectivity index (χ1) is 5.63. The molecule has 0 heterocycles. The summed E-state index contributed by atoms with van der Waals surface area (Å²) in [5.41, 5.74) is -0.380. The molecule has 0 spiro atoms. The lowest BCUT2D eigenvalue weighted by atomic mass is 10.1. The Bertz CT molecular complexity index is 307. The third-order valence-electron chi connectivity index (χ3n) is 1.39. The first kappa shape index (κ1) is 15.9. The zero-order valence-corrected chi connectivity index (χ0v) is 6.02. The normalized spacial score (nSPS) is 8.00. The summed E-state index contributed by atoms with van der Waals surface area (Å²) in [6.45, 7) is 0. The van der Waals surface area contributed by atoms with E-state index in [9.17, 15) is 9.59 Å². The quantitative estimate of drug-likeness (QED) is 0.629. The SMILES string of the molecule is O=C(O)c1ccccc1C(=O)O.[AlH3].[MgH2]. The molecule has 0 atom stereocenters. The fourth-order valence-electron chi connectivity index (χ4n) is 0.856. The molecule has 4 nitrogen and oxygen atoms in total. The van der Waals surface area contributed by atoms with Crippen molar-refractivity contribution in [3.8, 4) is 0 Å². The minimum atomic E-state index is -1.23. The minimum absolute atomic E-state index is 0. The van der Waals surface area contributed by atoms with E-state index in [4.69, 9.17) is 10.2 Å². The van der Waals surface area contributed by atoms with E-state index in [1.54, 1.807) is 0 Å². The van der Waals surface area contributed by atoms with Crippen LogP contribution in [0.2, 0.25) is 0 Å². The fourth-order valence-corrected chi connectivity index (χ4v) is 0.856. The van der Waals surface area contributed by atoms with Crippen molar-refractivity contribution in [2.24, 2.45) is 0 Å². The van der Waals surface area contributed by atoms with Gasteiger partial charge in [0.2, 0.25) is 0 Å². The van der Waals surface area contributed by atoms with Crippen LogP contribution in [-0.4, -0.2) is 62.6 Å². The molecule has 1 aromatic carbocycles. The maximum absolute atomic E-state index is 10.5. The van der Waals surface area contributed by atoms with Crippen molar-refractivity contribution in [2.45, 2.75) is 0 Å². The monoisotopic (exact) mass is 222 g/mol. The Kier molecular flexibility index (Phi) is 7.78. The predicted octanol–water partition coefficient (Wildman–Crippen LogP) is -1.02. The predicted molar refractivity (Wildman–Crippen MR) is 58.8 cm³/mol. The second-order valence-corrected chi connectivity index (χ2v) is 2.16. The molecule has 1 rings (SSSR count). The van der Waals surface area contributed by atoms with Crippen LogP contribution in [0.25, 0.3) is 0 Å². The van der Waals surface area contributed by atoms with E-state index < -0.39 is 11.9 Å². The number of hydrogen-bond acceptors (Lipinski definition) is 2. The van der Waals surface area contributed by atoms with Crippen molar-refractivity contribution < 1.29 is 19.8 Å². The topological polar surface area (TPSA) is 74.6 Å². The van der Waals surface area contributed by atoms with Gasteiger partial charge in [0.25, 0.3) is 0 Å². The molecule has 0 unspecified atom stereocenters. The van der Waals surface area contributed by atoms with Gasteiger partial charge in [-0.2, -0.15) is 0 Å². The van der Waals surface area contributed by atoms with Crippen LogP contribution in [0.3, 0.4) is 0 Å². The van der Waals surface area contributed by atoms with Crippen LogP contribution in [0, 0.1) is 0 Å². The molecule has 0 aliphatic carbocycles. The summed E-state index contributed by atoms with van der Waals surface area (Å²) >= 11 is 0. The van der Waals surface area contributed by atoms with Crippen LogP contribution in [-0.2, 0) is 0 Å². The Hall–Kier alpha value is -0.541. The highest BCUT2D eigenvalue weighted by atomic mass is 27.0. The maximum atomic E-state index is 10.5. The molecular formula is C8H11AlMgO4. The van der Waals surface area contributed by atoms with Crippen LogP contribution >= 0.6 is 0 Å². The number of benzene rings is 1. The number of carbonyl (C=O) groups is 2. The van der Waals surface area contributed by atoms with E-state index in [1.807, 2.05) is 0 Å². The van der Waals surface area contributed by atoms with Crippen LogP contribution in [0.5, 0.6) is 0 Å². The summed E-state index contributed by atoms with van der Waals surface area (Å²) < 4.78 is 0. The van der Waals surface area contributed by atoms with Gasteiger partial charge in [0.05, 0.1) is 11.1 Å². The summed E-state index contributed by atoms with van der Waals surface area (Å²) in [6, 6.07) is 5.48. The molecule has 6 heteroatoms. The van der Waals surface area contributed by atoms with E-state index in [1.165, 1.54) is 24.3 Å². The van der Waals surface area contributed by atoms with Crippen LogP contribution in [0.4, 0.5) is 0 Å². The van der Waals surface area contributed by atoms with E-state index in [2.05, 4.69) is 0 Å². The van der Waals surface area contributed by atoms with Crippen molar-refractivity contribution in [2.75, 3.05) is 0 Å². The summed E-state index contributed by atoms with van der Waals surface area (Å²) in [7, 11) is 0. The molecule has 1 aromatic rings. The van der Waals surface area contributed by atoms with E-state index in [0.29, 0.717) is 0 Å². The lowest BCUT2D eigenvalue weighted by Gasteiger charge is -1.98. The second-order valence-electron chi connectivity index (χ2n) is 2.16. The zero-order chi connectivity index (χ0) is 9.14. The highest BCUT2D eigenvalue weighted by molar-refractivity contribution is 6.01. The van der Waals surface area contributed by atoms with Gasteiger partial charge in [0.15, 0.2) is 17.4 Å². The first-order valence-corrected chi connectivity index (χ1v) is 3.18. The van der Waals surface area contributed by atoms with Gasteiger partial charge in [0.1, 0.15) is 0 Å². The molecule has 14 heavy (non-hydrogen) atoms. The van der Waals surface area contributed by atoms with Crippen LogP contribution in [0.1, 0.15) is 20.7 Å². The van der Waals surface area contributed by atoms with Gasteiger partial charge in [-0.05, 0) is 12.1 Å². The third kappa shape index (κ3) is 3.68. The number of carboxylic acids is 2. The maximum Gasteiger partial charge on any atom is 0.336 e. The largest absolute Gasteiger partial charge is 0.478 e. The van der Waals surface area contributed by atoms with Gasteiger partial charge in [-0.25, -0.2) is 9.59 Å². The molecule has 0 saturated carbocycles. The number of hydrogen-bond donors (Lipinski definition) is 2. The Labute approximate surface area is 107 Å². The van der Waals surface area contributed by atoms with Crippen LogP contribution < -0.4 is 0 Å². The average molecular weight is 222 g/mol. The second kappa shape index (κ2) is 6.85. The Morgan fingerprint density at radius 3 is 1.43 bits per heavy atom. The van der Waals surface area contributed by atoms with Gasteiger partial charge in [-0.15, -0.1) is 0 Å². The minimum Gasteiger partial charge on any atom is -0.478 e. The Morgan fingerprint density at radius 2 is 1.21 bits per heavy atom. The summed E-state index contributed by atoms with van der Waals surface area (Å²) in [5.74, 6) is -2.46. The Balaban J connectivity index is 0. The number of carboxylic acid groups (broad SMARTS) is 2. The van der Waals surface area contributed by atoms with Gasteiger partial charge in [-0.3, -0.25) is 0 Å². The number of aromatic carboxylic acids is 2. The molecule has 0 saturated heterocycles. The molecule has 0 radical (unpaired) electrons. The summed E-state index contributed by atoms with van der Waals surface area (Å²) in [4.78, 5) is 20.9. The van der Waals surface area contributed by atoms with E-state index in [0.717, 1.165) is 0 Å². The molecule has 2 N–H and O–H groups in total. The highest BCUT2D eigenvalue weighted by Gasteiger charge is 2.13. The molecule has 0 aliphatic heterocycles. The zero-order valence-electron chi connectivity index (χ0n) is 6.02.